The monoisotopic (exact) mass is 216 g/mol. The first-order valence-electron chi connectivity index (χ1n) is 6.02. The third kappa shape index (κ3) is 2.43. The summed E-state index contributed by atoms with van der Waals surface area (Å²) in [5, 5.41) is 0. The van der Waals surface area contributed by atoms with Crippen LogP contribution in [0.3, 0.4) is 0 Å². The zero-order valence-electron chi connectivity index (χ0n) is 10.4. The molecule has 0 amide bonds. The highest BCUT2D eigenvalue weighted by Gasteiger charge is 2.23. The molecule has 1 atom stereocenters. The summed E-state index contributed by atoms with van der Waals surface area (Å²) in [6.07, 6.45) is 1.06. The Morgan fingerprint density at radius 3 is 2.56 bits per heavy atom. The minimum Gasteiger partial charge on any atom is -0.356 e. The van der Waals surface area contributed by atoms with E-state index in [0.717, 1.165) is 13.0 Å². The van der Waals surface area contributed by atoms with Gasteiger partial charge in [-0.25, -0.2) is 0 Å². The molecule has 1 heterocycles. The molecular weight excluding hydrogens is 196 g/mol. The Labute approximate surface area is 98.0 Å². The van der Waals surface area contributed by atoms with Crippen LogP contribution in [0, 0.1) is 0 Å². The standard InChI is InChI=1S/C14H20N2/c1-11(2)16-10-14(15-12(16)3)9-13-7-5-4-6-8-13/h4-8,11,14H,9-10H2,1-3H3/t14-/m0/s1. The van der Waals surface area contributed by atoms with Crippen LogP contribution >= 0.6 is 0 Å². The molecule has 0 saturated heterocycles. The average Bonchev–Trinajstić information content (AvgIpc) is 2.61. The molecule has 2 rings (SSSR count). The summed E-state index contributed by atoms with van der Waals surface area (Å²) in [5.74, 6) is 1.19. The molecule has 2 nitrogen and oxygen atoms in total. The molecule has 0 saturated carbocycles. The third-order valence-electron chi connectivity index (χ3n) is 3.13. The van der Waals surface area contributed by atoms with Crippen molar-refractivity contribution < 1.29 is 0 Å². The molecule has 0 aromatic heterocycles. The number of hydrogen-bond donors (Lipinski definition) is 0. The smallest absolute Gasteiger partial charge is 0.0964 e. The van der Waals surface area contributed by atoms with Crippen LogP contribution in [0.25, 0.3) is 0 Å². The van der Waals surface area contributed by atoms with Gasteiger partial charge in [-0.2, -0.15) is 0 Å². The van der Waals surface area contributed by atoms with E-state index < -0.39 is 0 Å². The van der Waals surface area contributed by atoms with Crippen molar-refractivity contribution in [3.05, 3.63) is 35.9 Å². The number of benzene rings is 1. The molecule has 1 aromatic carbocycles. The van der Waals surface area contributed by atoms with E-state index in [2.05, 4.69) is 56.0 Å². The minimum atomic E-state index is 0.435. The zero-order valence-corrected chi connectivity index (χ0v) is 10.4. The van der Waals surface area contributed by atoms with E-state index in [4.69, 9.17) is 4.99 Å². The van der Waals surface area contributed by atoms with Crippen LogP contribution in [-0.2, 0) is 6.42 Å². The van der Waals surface area contributed by atoms with Crippen LogP contribution in [0.4, 0.5) is 0 Å². The molecule has 0 fully saturated rings. The van der Waals surface area contributed by atoms with Crippen LogP contribution in [0.5, 0.6) is 0 Å². The maximum Gasteiger partial charge on any atom is 0.0964 e. The van der Waals surface area contributed by atoms with E-state index in [1.807, 2.05) is 0 Å². The molecule has 0 unspecified atom stereocenters. The quantitative estimate of drug-likeness (QED) is 0.758. The van der Waals surface area contributed by atoms with Crippen LogP contribution in [0.2, 0.25) is 0 Å². The fourth-order valence-electron chi connectivity index (χ4n) is 2.32. The molecule has 0 radical (unpaired) electrons. The predicted octanol–water partition coefficient (Wildman–Crippen LogP) is 2.74. The van der Waals surface area contributed by atoms with Crippen molar-refractivity contribution in [3.63, 3.8) is 0 Å². The van der Waals surface area contributed by atoms with E-state index in [1.165, 1.54) is 11.4 Å². The summed E-state index contributed by atoms with van der Waals surface area (Å²) in [7, 11) is 0. The maximum absolute atomic E-state index is 4.73. The predicted molar refractivity (Wildman–Crippen MR) is 68.9 cm³/mol. The van der Waals surface area contributed by atoms with Crippen LogP contribution in [-0.4, -0.2) is 29.4 Å². The first kappa shape index (κ1) is 11.2. The topological polar surface area (TPSA) is 15.6 Å². The van der Waals surface area contributed by atoms with E-state index in [1.54, 1.807) is 0 Å². The van der Waals surface area contributed by atoms with Crippen molar-refractivity contribution in [2.45, 2.75) is 39.3 Å². The van der Waals surface area contributed by atoms with Crippen molar-refractivity contribution in [1.29, 1.82) is 0 Å². The third-order valence-corrected chi connectivity index (χ3v) is 3.13. The Bertz CT molecular complexity index is 368. The van der Waals surface area contributed by atoms with Gasteiger partial charge in [0.1, 0.15) is 0 Å². The van der Waals surface area contributed by atoms with Gasteiger partial charge in [0.15, 0.2) is 0 Å². The van der Waals surface area contributed by atoms with E-state index in [-0.39, 0.29) is 0 Å². The van der Waals surface area contributed by atoms with Gasteiger partial charge in [0.25, 0.3) is 0 Å². The second kappa shape index (κ2) is 4.69. The van der Waals surface area contributed by atoms with E-state index >= 15 is 0 Å². The summed E-state index contributed by atoms with van der Waals surface area (Å²) in [6, 6.07) is 11.6. The molecule has 2 heteroatoms. The summed E-state index contributed by atoms with van der Waals surface area (Å²) in [4.78, 5) is 7.11. The second-order valence-electron chi connectivity index (χ2n) is 4.77. The first-order chi connectivity index (χ1) is 7.66. The summed E-state index contributed by atoms with van der Waals surface area (Å²) < 4.78 is 0. The molecule has 0 N–H and O–H groups in total. The fourth-order valence-corrected chi connectivity index (χ4v) is 2.32. The first-order valence-corrected chi connectivity index (χ1v) is 6.02. The van der Waals surface area contributed by atoms with Gasteiger partial charge in [-0.15, -0.1) is 0 Å². The summed E-state index contributed by atoms with van der Waals surface area (Å²) in [5.41, 5.74) is 1.38. The lowest BCUT2D eigenvalue weighted by Gasteiger charge is -2.23. The largest absolute Gasteiger partial charge is 0.356 e. The lowest BCUT2D eigenvalue weighted by Crippen LogP contribution is -2.34. The van der Waals surface area contributed by atoms with Crippen molar-refractivity contribution >= 4 is 5.84 Å². The van der Waals surface area contributed by atoms with Gasteiger partial charge in [0.05, 0.1) is 11.9 Å². The number of amidine groups is 1. The molecule has 0 bridgehead atoms. The Kier molecular flexibility index (Phi) is 3.28. The van der Waals surface area contributed by atoms with Crippen molar-refractivity contribution in [2.75, 3.05) is 6.54 Å². The Morgan fingerprint density at radius 1 is 1.31 bits per heavy atom. The van der Waals surface area contributed by atoms with Gasteiger partial charge in [0.2, 0.25) is 0 Å². The number of aliphatic imine (C=N–C) groups is 1. The van der Waals surface area contributed by atoms with Crippen LogP contribution in [0.15, 0.2) is 35.3 Å². The van der Waals surface area contributed by atoms with Gasteiger partial charge in [-0.3, -0.25) is 4.99 Å². The fraction of sp³-hybridized carbons (Fsp3) is 0.500. The zero-order chi connectivity index (χ0) is 11.5. The van der Waals surface area contributed by atoms with Gasteiger partial charge in [-0.05, 0) is 32.8 Å². The molecule has 1 aliphatic heterocycles. The maximum atomic E-state index is 4.73. The number of nitrogens with zero attached hydrogens (tertiary/aromatic N) is 2. The molecular formula is C14H20N2. The highest BCUT2D eigenvalue weighted by Crippen LogP contribution is 2.16. The Hall–Kier alpha value is -1.31. The van der Waals surface area contributed by atoms with Crippen LogP contribution < -0.4 is 0 Å². The van der Waals surface area contributed by atoms with Crippen LogP contribution in [0.1, 0.15) is 26.3 Å². The van der Waals surface area contributed by atoms with Gasteiger partial charge < -0.3 is 4.90 Å². The SMILES string of the molecule is CC1=N[C@@H](Cc2ccccc2)CN1C(C)C. The molecule has 86 valence electrons. The molecule has 0 spiro atoms. The van der Waals surface area contributed by atoms with Gasteiger partial charge >= 0.3 is 0 Å². The Morgan fingerprint density at radius 2 is 2.00 bits per heavy atom. The minimum absolute atomic E-state index is 0.435. The van der Waals surface area contributed by atoms with Gasteiger partial charge in [-0.1, -0.05) is 30.3 Å². The van der Waals surface area contributed by atoms with Crippen molar-refractivity contribution in [1.82, 2.24) is 4.90 Å². The number of rotatable bonds is 3. The second-order valence-corrected chi connectivity index (χ2v) is 4.77. The van der Waals surface area contributed by atoms with Gasteiger partial charge in [0, 0.05) is 12.6 Å². The average molecular weight is 216 g/mol. The molecule has 1 aromatic rings. The highest BCUT2D eigenvalue weighted by molar-refractivity contribution is 5.81. The Balaban J connectivity index is 2.00. The normalized spacial score (nSPS) is 20.4. The summed E-state index contributed by atoms with van der Waals surface area (Å²) in [6.45, 7) is 7.64. The number of hydrogen-bond acceptors (Lipinski definition) is 2. The highest BCUT2D eigenvalue weighted by atomic mass is 15.3. The van der Waals surface area contributed by atoms with E-state index in [9.17, 15) is 0 Å². The van der Waals surface area contributed by atoms with Crippen molar-refractivity contribution in [2.24, 2.45) is 4.99 Å². The molecule has 1 aliphatic rings. The molecule has 16 heavy (non-hydrogen) atoms. The summed E-state index contributed by atoms with van der Waals surface area (Å²) >= 11 is 0. The lowest BCUT2D eigenvalue weighted by molar-refractivity contribution is 0.355. The van der Waals surface area contributed by atoms with Crippen molar-refractivity contribution in [3.8, 4) is 0 Å². The van der Waals surface area contributed by atoms with E-state index in [0.29, 0.717) is 12.1 Å². The molecule has 0 aliphatic carbocycles. The lowest BCUT2D eigenvalue weighted by atomic mass is 10.1.